The summed E-state index contributed by atoms with van der Waals surface area (Å²) in [6.07, 6.45) is 5.41. The molecule has 0 atom stereocenters. The van der Waals surface area contributed by atoms with Crippen molar-refractivity contribution in [2.45, 2.75) is 41.0 Å². The van der Waals surface area contributed by atoms with E-state index in [1.165, 1.54) is 12.3 Å². The molecule has 0 bridgehead atoms. The first-order chi connectivity index (χ1) is 12.7. The molecular formula is C23H29NO3. The molecule has 0 amide bonds. The fraction of sp³-hybridized carbons (Fsp3) is 0.304. The van der Waals surface area contributed by atoms with Crippen molar-refractivity contribution >= 4 is 17.8 Å². The predicted octanol–water partition coefficient (Wildman–Crippen LogP) is 5.59. The largest absolute Gasteiger partial charge is 0.507 e. The Kier molecular flexibility index (Phi) is 8.46. The van der Waals surface area contributed by atoms with Gasteiger partial charge in [0.05, 0.1) is 0 Å². The molecule has 0 heterocycles. The van der Waals surface area contributed by atoms with Crippen LogP contribution < -0.4 is 0 Å². The maximum absolute atomic E-state index is 11.4. The van der Waals surface area contributed by atoms with Crippen molar-refractivity contribution in [1.29, 1.82) is 0 Å². The summed E-state index contributed by atoms with van der Waals surface area (Å²) in [6.45, 7) is 14.4. The van der Waals surface area contributed by atoms with Crippen LogP contribution >= 0.6 is 0 Å². The summed E-state index contributed by atoms with van der Waals surface area (Å²) in [5.74, 6) is -1.52. The molecule has 0 fully saturated rings. The van der Waals surface area contributed by atoms with Crippen LogP contribution in [0.15, 0.2) is 64.4 Å². The normalized spacial score (nSPS) is 13.7. The number of allylic oxidation sites excluding steroid dienone is 5. The van der Waals surface area contributed by atoms with Crippen molar-refractivity contribution in [2.24, 2.45) is 4.99 Å². The van der Waals surface area contributed by atoms with E-state index in [0.717, 1.165) is 39.8 Å². The highest BCUT2D eigenvalue weighted by Gasteiger charge is 2.11. The highest BCUT2D eigenvalue weighted by atomic mass is 16.4. The molecule has 1 aromatic carbocycles. The summed E-state index contributed by atoms with van der Waals surface area (Å²) >= 11 is 0. The highest BCUT2D eigenvalue weighted by molar-refractivity contribution is 6.09. The number of aliphatic carboxylic acids is 1. The number of aliphatic hydroxyl groups is 1. The van der Waals surface area contributed by atoms with Gasteiger partial charge in [-0.25, -0.2) is 4.79 Å². The lowest BCUT2D eigenvalue weighted by atomic mass is 9.94. The summed E-state index contributed by atoms with van der Waals surface area (Å²) in [5, 5.41) is 19.5. The van der Waals surface area contributed by atoms with E-state index < -0.39 is 5.97 Å². The number of nitrogens with zero attached hydrogens (tertiary/aromatic N) is 1. The third kappa shape index (κ3) is 6.41. The zero-order chi connectivity index (χ0) is 20.6. The molecule has 0 radical (unpaired) electrons. The van der Waals surface area contributed by atoms with Gasteiger partial charge < -0.3 is 10.2 Å². The molecule has 1 rings (SSSR count). The van der Waals surface area contributed by atoms with Gasteiger partial charge in [0.2, 0.25) is 0 Å². The van der Waals surface area contributed by atoms with Crippen LogP contribution in [0.3, 0.4) is 0 Å². The molecule has 27 heavy (non-hydrogen) atoms. The number of carboxylic acids is 1. The van der Waals surface area contributed by atoms with E-state index >= 15 is 0 Å². The molecule has 0 saturated heterocycles. The monoisotopic (exact) mass is 367 g/mol. The maximum atomic E-state index is 11.4. The van der Waals surface area contributed by atoms with Gasteiger partial charge in [-0.3, -0.25) is 4.99 Å². The first-order valence-electron chi connectivity index (χ1n) is 8.97. The molecule has 4 nitrogen and oxygen atoms in total. The first kappa shape index (κ1) is 22.2. The lowest BCUT2D eigenvalue weighted by Gasteiger charge is -2.11. The van der Waals surface area contributed by atoms with E-state index in [1.807, 2.05) is 58.9 Å². The summed E-state index contributed by atoms with van der Waals surface area (Å²) in [5.41, 5.74) is 5.70. The standard InChI is InChI=1S/C23H29NO3/c1-7-11-24-14-20(23(26)27)21(25)13-18(5)17(4)12-19(6)22-15(2)9-8-10-16(22)3/h8-10,12-14,25H,6-7,11H2,1-5H3,(H,26,27)/b17-12+,18-13+,21-20-,24-14?. The number of carboxylic acid groups (broad SMARTS) is 1. The number of hydrogen-bond acceptors (Lipinski definition) is 3. The third-order valence-corrected chi connectivity index (χ3v) is 4.25. The van der Waals surface area contributed by atoms with Crippen LogP contribution in [-0.4, -0.2) is 28.9 Å². The SMILES string of the molecule is C=C(/C=C(C)/C(C)=C/C(O)=C(\C=NCCC)C(=O)O)c1c(C)cccc1C. The minimum absolute atomic E-state index is 0.218. The van der Waals surface area contributed by atoms with E-state index in [4.69, 9.17) is 0 Å². The third-order valence-electron chi connectivity index (χ3n) is 4.25. The van der Waals surface area contributed by atoms with Gasteiger partial charge >= 0.3 is 5.97 Å². The van der Waals surface area contributed by atoms with Gasteiger partial charge in [0.25, 0.3) is 0 Å². The molecular weight excluding hydrogens is 338 g/mol. The van der Waals surface area contributed by atoms with Crippen LogP contribution in [0.5, 0.6) is 0 Å². The van der Waals surface area contributed by atoms with Crippen LogP contribution in [0, 0.1) is 13.8 Å². The van der Waals surface area contributed by atoms with Gasteiger partial charge in [-0.1, -0.05) is 37.8 Å². The number of benzene rings is 1. The quantitative estimate of drug-likeness (QED) is 0.272. The van der Waals surface area contributed by atoms with Crippen LogP contribution in [0.2, 0.25) is 0 Å². The molecule has 2 N–H and O–H groups in total. The summed E-state index contributed by atoms with van der Waals surface area (Å²) in [4.78, 5) is 15.4. The van der Waals surface area contributed by atoms with Crippen LogP contribution in [-0.2, 0) is 4.79 Å². The van der Waals surface area contributed by atoms with Crippen LogP contribution in [0.1, 0.15) is 43.9 Å². The minimum atomic E-state index is -1.21. The Morgan fingerprint density at radius 2 is 1.67 bits per heavy atom. The number of rotatable bonds is 8. The van der Waals surface area contributed by atoms with Crippen LogP contribution in [0.4, 0.5) is 0 Å². The number of aliphatic imine (C=N–C) groups is 1. The average Bonchev–Trinajstić information content (AvgIpc) is 2.57. The van der Waals surface area contributed by atoms with Gasteiger partial charge in [0.15, 0.2) is 0 Å². The smallest absolute Gasteiger partial charge is 0.341 e. The van der Waals surface area contributed by atoms with Crippen molar-refractivity contribution in [2.75, 3.05) is 6.54 Å². The summed E-state index contributed by atoms with van der Waals surface area (Å²) in [7, 11) is 0. The summed E-state index contributed by atoms with van der Waals surface area (Å²) in [6, 6.07) is 6.10. The molecule has 144 valence electrons. The minimum Gasteiger partial charge on any atom is -0.507 e. The van der Waals surface area contributed by atoms with E-state index in [9.17, 15) is 15.0 Å². The molecule has 0 spiro atoms. The van der Waals surface area contributed by atoms with E-state index in [2.05, 4.69) is 11.6 Å². The molecule has 1 aromatic rings. The molecule has 4 heteroatoms. The highest BCUT2D eigenvalue weighted by Crippen LogP contribution is 2.25. The second kappa shape index (κ2) is 10.3. The van der Waals surface area contributed by atoms with Gasteiger partial charge in [-0.2, -0.15) is 0 Å². The Bertz CT molecular complexity index is 819. The van der Waals surface area contributed by atoms with Gasteiger partial charge in [0.1, 0.15) is 11.3 Å². The average molecular weight is 367 g/mol. The zero-order valence-corrected chi connectivity index (χ0v) is 16.8. The summed E-state index contributed by atoms with van der Waals surface area (Å²) < 4.78 is 0. The molecule has 0 saturated carbocycles. The molecule has 0 aliphatic rings. The Labute approximate surface area is 162 Å². The molecule has 0 aliphatic heterocycles. The number of carbonyl (C=O) groups is 1. The van der Waals surface area contributed by atoms with Crippen molar-refractivity contribution in [3.63, 3.8) is 0 Å². The number of aryl methyl sites for hydroxylation is 2. The first-order valence-corrected chi connectivity index (χ1v) is 8.97. The van der Waals surface area contributed by atoms with E-state index in [0.29, 0.717) is 6.54 Å². The zero-order valence-electron chi connectivity index (χ0n) is 16.8. The lowest BCUT2D eigenvalue weighted by molar-refractivity contribution is -0.132. The fourth-order valence-electron chi connectivity index (χ4n) is 2.68. The Hall–Kier alpha value is -2.88. The second-order valence-corrected chi connectivity index (χ2v) is 6.59. The van der Waals surface area contributed by atoms with Gasteiger partial charge in [-0.15, -0.1) is 0 Å². The molecule has 0 aliphatic carbocycles. The van der Waals surface area contributed by atoms with Crippen molar-refractivity contribution in [1.82, 2.24) is 0 Å². The number of aliphatic hydroxyl groups excluding tert-OH is 1. The topological polar surface area (TPSA) is 69.9 Å². The fourth-order valence-corrected chi connectivity index (χ4v) is 2.68. The molecule has 0 aromatic heterocycles. The van der Waals surface area contributed by atoms with Crippen molar-refractivity contribution in [3.05, 3.63) is 76.1 Å². The van der Waals surface area contributed by atoms with E-state index in [1.54, 1.807) is 0 Å². The van der Waals surface area contributed by atoms with E-state index in [-0.39, 0.29) is 11.3 Å². The van der Waals surface area contributed by atoms with Crippen LogP contribution in [0.25, 0.3) is 5.57 Å². The Balaban J connectivity index is 3.19. The van der Waals surface area contributed by atoms with Gasteiger partial charge in [-0.05, 0) is 73.6 Å². The second-order valence-electron chi connectivity index (χ2n) is 6.59. The lowest BCUT2D eigenvalue weighted by Crippen LogP contribution is -2.06. The Morgan fingerprint density at radius 1 is 1.11 bits per heavy atom. The maximum Gasteiger partial charge on any atom is 0.341 e. The molecule has 0 unspecified atom stereocenters. The predicted molar refractivity (Wildman–Crippen MR) is 113 cm³/mol. The van der Waals surface area contributed by atoms with Gasteiger partial charge in [0, 0.05) is 12.8 Å². The Morgan fingerprint density at radius 3 is 2.19 bits per heavy atom. The number of hydrogen-bond donors (Lipinski definition) is 2. The van der Waals surface area contributed by atoms with Crippen molar-refractivity contribution in [3.8, 4) is 0 Å². The van der Waals surface area contributed by atoms with Crippen molar-refractivity contribution < 1.29 is 15.0 Å².